The highest BCUT2D eigenvalue weighted by molar-refractivity contribution is 7.17. The van der Waals surface area contributed by atoms with Crippen LogP contribution in [-0.4, -0.2) is 42.6 Å². The van der Waals surface area contributed by atoms with E-state index in [2.05, 4.69) is 39.0 Å². The molecule has 0 amide bonds. The van der Waals surface area contributed by atoms with E-state index >= 15 is 0 Å². The molecule has 1 saturated heterocycles. The third-order valence-electron chi connectivity index (χ3n) is 6.45. The van der Waals surface area contributed by atoms with Crippen molar-refractivity contribution in [3.05, 3.63) is 75.6 Å². The SMILES string of the molecule is Cl.O=c1ccc2ccc(CCCCCN3CCN(c4cccc5sc(F)cc45)CC3)cc2[nH]1. The number of benzene rings is 2. The number of pyridine rings is 1. The number of aryl methyl sites for hydroxylation is 1. The van der Waals surface area contributed by atoms with Gasteiger partial charge in [-0.1, -0.05) is 24.6 Å². The summed E-state index contributed by atoms with van der Waals surface area (Å²) in [5.41, 5.74) is 3.33. The predicted octanol–water partition coefficient (Wildman–Crippen LogP) is 5.84. The highest BCUT2D eigenvalue weighted by atomic mass is 35.5. The minimum absolute atomic E-state index is 0. The maximum Gasteiger partial charge on any atom is 0.248 e. The van der Waals surface area contributed by atoms with Crippen molar-refractivity contribution < 1.29 is 4.39 Å². The second-order valence-electron chi connectivity index (χ2n) is 8.62. The van der Waals surface area contributed by atoms with E-state index in [4.69, 9.17) is 0 Å². The molecule has 7 heteroatoms. The van der Waals surface area contributed by atoms with Crippen molar-refractivity contribution in [3.63, 3.8) is 0 Å². The summed E-state index contributed by atoms with van der Waals surface area (Å²) in [7, 11) is 0. The van der Waals surface area contributed by atoms with Gasteiger partial charge in [0.1, 0.15) is 0 Å². The summed E-state index contributed by atoms with van der Waals surface area (Å²) in [6.07, 6.45) is 4.61. The topological polar surface area (TPSA) is 39.3 Å². The molecule has 0 aliphatic carbocycles. The Kier molecular flexibility index (Phi) is 7.68. The van der Waals surface area contributed by atoms with Crippen molar-refractivity contribution in [1.29, 1.82) is 0 Å². The molecule has 1 N–H and O–H groups in total. The maximum absolute atomic E-state index is 13.7. The van der Waals surface area contributed by atoms with E-state index in [0.29, 0.717) is 0 Å². The Morgan fingerprint density at radius 1 is 0.939 bits per heavy atom. The van der Waals surface area contributed by atoms with E-state index in [1.54, 1.807) is 12.1 Å². The van der Waals surface area contributed by atoms with Crippen molar-refractivity contribution in [2.24, 2.45) is 0 Å². The fourth-order valence-corrected chi connectivity index (χ4v) is 5.50. The molecule has 0 radical (unpaired) electrons. The number of unbranched alkanes of at least 4 members (excludes halogenated alkanes) is 2. The van der Waals surface area contributed by atoms with Crippen molar-refractivity contribution in [1.82, 2.24) is 9.88 Å². The molecule has 4 nitrogen and oxygen atoms in total. The average Bonchev–Trinajstić information content (AvgIpc) is 3.19. The predicted molar refractivity (Wildman–Crippen MR) is 140 cm³/mol. The highest BCUT2D eigenvalue weighted by Crippen LogP contribution is 2.33. The number of fused-ring (bicyclic) bond motifs is 2. The van der Waals surface area contributed by atoms with Crippen molar-refractivity contribution in [2.75, 3.05) is 37.6 Å². The second kappa shape index (κ2) is 10.7. The fraction of sp³-hybridized carbons (Fsp3) is 0.346. The minimum Gasteiger partial charge on any atom is -0.368 e. The smallest absolute Gasteiger partial charge is 0.248 e. The summed E-state index contributed by atoms with van der Waals surface area (Å²) in [4.78, 5) is 19.4. The number of piperazine rings is 1. The van der Waals surface area contributed by atoms with Crippen LogP contribution in [0.1, 0.15) is 24.8 Å². The number of H-pyrrole nitrogens is 1. The van der Waals surface area contributed by atoms with Crippen LogP contribution in [0.4, 0.5) is 10.1 Å². The molecule has 0 spiro atoms. The first-order valence-electron chi connectivity index (χ1n) is 11.4. The number of nitrogens with zero attached hydrogens (tertiary/aromatic N) is 2. The zero-order chi connectivity index (χ0) is 21.9. The zero-order valence-corrected chi connectivity index (χ0v) is 20.2. The molecule has 174 valence electrons. The molecule has 0 bridgehead atoms. The quantitative estimate of drug-likeness (QED) is 0.334. The van der Waals surface area contributed by atoms with Gasteiger partial charge in [-0.3, -0.25) is 9.69 Å². The molecular weight excluding hydrogens is 457 g/mol. The molecule has 33 heavy (non-hydrogen) atoms. The van der Waals surface area contributed by atoms with Crippen LogP contribution in [-0.2, 0) is 6.42 Å². The molecule has 1 aliphatic rings. The molecule has 5 rings (SSSR count). The number of thiophene rings is 1. The fourth-order valence-electron chi connectivity index (χ4n) is 4.70. The first kappa shape index (κ1) is 23.7. The molecule has 3 heterocycles. The summed E-state index contributed by atoms with van der Waals surface area (Å²) in [5.74, 6) is 0. The summed E-state index contributed by atoms with van der Waals surface area (Å²) < 4.78 is 14.7. The molecule has 2 aromatic heterocycles. The molecular formula is C26H29ClFN3OS. The van der Waals surface area contributed by atoms with Gasteiger partial charge in [0, 0.05) is 53.5 Å². The van der Waals surface area contributed by atoms with Gasteiger partial charge in [-0.15, -0.1) is 23.7 Å². The molecule has 0 unspecified atom stereocenters. The van der Waals surface area contributed by atoms with Crippen LogP contribution >= 0.6 is 23.7 Å². The van der Waals surface area contributed by atoms with Gasteiger partial charge in [-0.25, -0.2) is 0 Å². The summed E-state index contributed by atoms with van der Waals surface area (Å²) in [6.45, 7) is 5.23. The number of hydrogen-bond donors (Lipinski definition) is 1. The van der Waals surface area contributed by atoms with Gasteiger partial charge in [0.05, 0.1) is 0 Å². The van der Waals surface area contributed by atoms with Crippen molar-refractivity contribution in [3.8, 4) is 0 Å². The summed E-state index contributed by atoms with van der Waals surface area (Å²) in [6, 6.07) is 17.6. The van der Waals surface area contributed by atoms with E-state index in [1.165, 1.54) is 35.4 Å². The third kappa shape index (κ3) is 5.57. The molecule has 1 fully saturated rings. The van der Waals surface area contributed by atoms with E-state index in [-0.39, 0.29) is 23.1 Å². The Balaban J connectivity index is 0.00000259. The van der Waals surface area contributed by atoms with Gasteiger partial charge in [-0.05, 0) is 67.1 Å². The van der Waals surface area contributed by atoms with Gasteiger partial charge >= 0.3 is 0 Å². The lowest BCUT2D eigenvalue weighted by atomic mass is 10.0. The molecule has 2 aromatic carbocycles. The normalized spacial score (nSPS) is 14.6. The van der Waals surface area contributed by atoms with Crippen molar-refractivity contribution >= 4 is 50.4 Å². The molecule has 0 saturated carbocycles. The Labute approximate surface area is 203 Å². The second-order valence-corrected chi connectivity index (χ2v) is 9.66. The van der Waals surface area contributed by atoms with Crippen LogP contribution < -0.4 is 10.5 Å². The number of halogens is 2. The Bertz CT molecular complexity index is 1280. The lowest BCUT2D eigenvalue weighted by Crippen LogP contribution is -2.46. The first-order valence-corrected chi connectivity index (χ1v) is 12.2. The van der Waals surface area contributed by atoms with Gasteiger partial charge < -0.3 is 9.88 Å². The van der Waals surface area contributed by atoms with Crippen LogP contribution in [0.5, 0.6) is 0 Å². The number of anilines is 1. The Morgan fingerprint density at radius 3 is 2.61 bits per heavy atom. The Hall–Kier alpha value is -2.41. The Morgan fingerprint density at radius 2 is 1.76 bits per heavy atom. The van der Waals surface area contributed by atoms with E-state index in [1.807, 2.05) is 18.2 Å². The van der Waals surface area contributed by atoms with Crippen LogP contribution in [0, 0.1) is 5.13 Å². The number of rotatable bonds is 7. The lowest BCUT2D eigenvalue weighted by molar-refractivity contribution is 0.252. The zero-order valence-electron chi connectivity index (χ0n) is 18.6. The van der Waals surface area contributed by atoms with Crippen LogP contribution in [0.3, 0.4) is 0 Å². The van der Waals surface area contributed by atoms with Gasteiger partial charge in [0.25, 0.3) is 0 Å². The monoisotopic (exact) mass is 485 g/mol. The maximum atomic E-state index is 13.7. The minimum atomic E-state index is -0.108. The number of nitrogens with one attached hydrogen (secondary N) is 1. The van der Waals surface area contributed by atoms with Crippen LogP contribution in [0.2, 0.25) is 0 Å². The van der Waals surface area contributed by atoms with Gasteiger partial charge in [0.2, 0.25) is 5.56 Å². The largest absolute Gasteiger partial charge is 0.368 e. The molecule has 1 aliphatic heterocycles. The third-order valence-corrected chi connectivity index (χ3v) is 7.34. The van der Waals surface area contributed by atoms with Gasteiger partial charge in [0.15, 0.2) is 5.13 Å². The number of aromatic amines is 1. The number of hydrogen-bond acceptors (Lipinski definition) is 4. The lowest BCUT2D eigenvalue weighted by Gasteiger charge is -2.36. The number of aromatic nitrogens is 1. The van der Waals surface area contributed by atoms with E-state index in [9.17, 15) is 9.18 Å². The molecule has 0 atom stereocenters. The van der Waals surface area contributed by atoms with Crippen LogP contribution in [0.25, 0.3) is 21.0 Å². The van der Waals surface area contributed by atoms with E-state index < -0.39 is 0 Å². The average molecular weight is 486 g/mol. The summed E-state index contributed by atoms with van der Waals surface area (Å²) in [5, 5.41) is 2.01. The first-order chi connectivity index (χ1) is 15.7. The van der Waals surface area contributed by atoms with E-state index in [0.717, 1.165) is 66.6 Å². The standard InChI is InChI=1S/C26H28FN3OS.ClH/c27-25-18-21-23(6-4-7-24(21)32-25)30-15-13-29(14-16-30)12-3-1-2-5-19-8-9-20-10-11-26(31)28-22(20)17-19;/h4,6-11,17-18H,1-3,5,12-16H2,(H,28,31);1H. The van der Waals surface area contributed by atoms with Crippen molar-refractivity contribution in [2.45, 2.75) is 25.7 Å². The highest BCUT2D eigenvalue weighted by Gasteiger charge is 2.19. The summed E-state index contributed by atoms with van der Waals surface area (Å²) >= 11 is 1.23. The molecule has 4 aromatic rings. The van der Waals surface area contributed by atoms with Crippen LogP contribution in [0.15, 0.2) is 59.4 Å². The van der Waals surface area contributed by atoms with Gasteiger partial charge in [-0.2, -0.15) is 4.39 Å².